The fraction of sp³-hybridized carbons (Fsp3) is 0.350. The molecule has 1 saturated heterocycles. The fourth-order valence-electron chi connectivity index (χ4n) is 6.01. The number of carbonyl (C=O) groups excluding carboxylic acids is 2. The van der Waals surface area contributed by atoms with E-state index in [2.05, 4.69) is 9.44 Å². The fourth-order valence-corrected chi connectivity index (χ4v) is 8.39. The summed E-state index contributed by atoms with van der Waals surface area (Å²) in [6, 6.07) is 29.1. The zero-order chi connectivity index (χ0) is 38.6. The van der Waals surface area contributed by atoms with Crippen molar-refractivity contribution in [2.75, 3.05) is 52.6 Å². The first kappa shape index (κ1) is 40.7. The number of amides is 2. The lowest BCUT2D eigenvalue weighted by molar-refractivity contribution is -0.136. The summed E-state index contributed by atoms with van der Waals surface area (Å²) in [5, 5.41) is 0. The average molecular weight is 777 g/mol. The molecule has 2 N–H and O–H groups in total. The molecule has 14 heteroatoms. The van der Waals surface area contributed by atoms with Gasteiger partial charge in [0.1, 0.15) is 12.1 Å². The van der Waals surface area contributed by atoms with Gasteiger partial charge in [-0.15, -0.1) is 0 Å². The molecule has 1 fully saturated rings. The maximum atomic E-state index is 14.1. The van der Waals surface area contributed by atoms with Crippen LogP contribution in [-0.2, 0) is 52.0 Å². The van der Waals surface area contributed by atoms with E-state index in [1.165, 1.54) is 34.1 Å². The van der Waals surface area contributed by atoms with Gasteiger partial charge in [0.2, 0.25) is 31.9 Å². The summed E-state index contributed by atoms with van der Waals surface area (Å²) in [5.74, 6) is -0.833. The molecule has 2 atom stereocenters. The Morgan fingerprint density at radius 3 is 1.17 bits per heavy atom. The Kier molecular flexibility index (Phi) is 14.5. The van der Waals surface area contributed by atoms with Gasteiger partial charge in [0, 0.05) is 26.2 Å². The van der Waals surface area contributed by atoms with Gasteiger partial charge in [0.25, 0.3) is 0 Å². The monoisotopic (exact) mass is 776 g/mol. The van der Waals surface area contributed by atoms with Crippen LogP contribution in [0.5, 0.6) is 0 Å². The van der Waals surface area contributed by atoms with E-state index in [9.17, 15) is 26.4 Å². The number of nitrogens with one attached hydrogen (secondary N) is 2. The first-order valence-corrected chi connectivity index (χ1v) is 20.9. The quantitative estimate of drug-likeness (QED) is 0.222. The highest BCUT2D eigenvalue weighted by molar-refractivity contribution is 7.89. The lowest BCUT2D eigenvalue weighted by Crippen LogP contribution is -2.52. The smallest absolute Gasteiger partial charge is 0.241 e. The van der Waals surface area contributed by atoms with Crippen LogP contribution in [0.1, 0.15) is 22.3 Å². The van der Waals surface area contributed by atoms with Crippen molar-refractivity contribution in [3.63, 3.8) is 0 Å². The van der Waals surface area contributed by atoms with Gasteiger partial charge in [-0.1, -0.05) is 96.1 Å². The van der Waals surface area contributed by atoms with Crippen molar-refractivity contribution in [2.45, 2.75) is 48.6 Å². The van der Waals surface area contributed by atoms with E-state index in [0.29, 0.717) is 0 Å². The van der Waals surface area contributed by atoms with Crippen LogP contribution in [0.2, 0.25) is 0 Å². The van der Waals surface area contributed by atoms with Gasteiger partial charge in [-0.2, -0.15) is 9.44 Å². The largest absolute Gasteiger partial charge is 0.378 e. The number of benzene rings is 4. The summed E-state index contributed by atoms with van der Waals surface area (Å²) in [6.07, 6.45) is 0.274. The molecular formula is C40H48N4O8S2. The minimum Gasteiger partial charge on any atom is -0.378 e. The van der Waals surface area contributed by atoms with Crippen molar-refractivity contribution in [2.24, 2.45) is 0 Å². The first-order valence-electron chi connectivity index (χ1n) is 17.9. The van der Waals surface area contributed by atoms with Gasteiger partial charge in [-0.25, -0.2) is 16.8 Å². The number of hydrogen-bond acceptors (Lipinski definition) is 8. The Labute approximate surface area is 318 Å². The SMILES string of the molecule is Cc1ccc(S(=O)(=O)N[C@@H](Cc2ccccc2)C(=O)N2CCOCCN(C(=O)[C@@H](Cc3ccccc3)NS(=O)(=O)c3ccc(C)cc3)CCOCC2)cc1. The molecule has 0 aromatic heterocycles. The van der Waals surface area contributed by atoms with Crippen LogP contribution in [0.25, 0.3) is 0 Å². The Hall–Kier alpha value is -4.44. The van der Waals surface area contributed by atoms with Crippen LogP contribution in [0.3, 0.4) is 0 Å². The van der Waals surface area contributed by atoms with Gasteiger partial charge in [0.05, 0.1) is 36.2 Å². The molecule has 0 radical (unpaired) electrons. The maximum Gasteiger partial charge on any atom is 0.241 e. The Morgan fingerprint density at radius 1 is 0.537 bits per heavy atom. The highest BCUT2D eigenvalue weighted by Gasteiger charge is 2.32. The number of nitrogens with zero attached hydrogens (tertiary/aromatic N) is 2. The number of rotatable bonds is 12. The molecule has 0 unspecified atom stereocenters. The molecule has 0 aliphatic carbocycles. The van der Waals surface area contributed by atoms with Crippen LogP contribution in [0.15, 0.2) is 119 Å². The van der Waals surface area contributed by atoms with Crippen LogP contribution in [-0.4, -0.2) is 103 Å². The van der Waals surface area contributed by atoms with E-state index in [4.69, 9.17) is 9.47 Å². The third kappa shape index (κ3) is 11.8. The molecule has 0 spiro atoms. The summed E-state index contributed by atoms with van der Waals surface area (Å²) in [6.45, 7) is 4.80. The zero-order valence-electron chi connectivity index (χ0n) is 30.6. The predicted octanol–water partition coefficient (Wildman–Crippen LogP) is 3.49. The van der Waals surface area contributed by atoms with Gasteiger partial charge in [0.15, 0.2) is 0 Å². The summed E-state index contributed by atoms with van der Waals surface area (Å²) >= 11 is 0. The summed E-state index contributed by atoms with van der Waals surface area (Å²) in [5.41, 5.74) is 3.40. The lowest BCUT2D eigenvalue weighted by atomic mass is 10.1. The van der Waals surface area contributed by atoms with E-state index < -0.39 is 43.9 Å². The van der Waals surface area contributed by atoms with E-state index in [1.54, 1.807) is 24.3 Å². The Bertz CT molecular complexity index is 1870. The van der Waals surface area contributed by atoms with Crippen molar-refractivity contribution in [1.29, 1.82) is 0 Å². The molecule has 288 valence electrons. The third-order valence-corrected chi connectivity index (χ3v) is 12.0. The number of ether oxygens (including phenoxy) is 2. The number of hydrogen-bond donors (Lipinski definition) is 2. The maximum absolute atomic E-state index is 14.1. The highest BCUT2D eigenvalue weighted by atomic mass is 32.2. The van der Waals surface area contributed by atoms with Crippen LogP contribution in [0.4, 0.5) is 0 Å². The lowest BCUT2D eigenvalue weighted by Gasteiger charge is -2.30. The summed E-state index contributed by atoms with van der Waals surface area (Å²) in [7, 11) is -8.06. The molecule has 5 rings (SSSR count). The van der Waals surface area contributed by atoms with E-state index >= 15 is 0 Å². The van der Waals surface area contributed by atoms with Crippen molar-refractivity contribution in [1.82, 2.24) is 19.2 Å². The summed E-state index contributed by atoms with van der Waals surface area (Å²) in [4.78, 5) is 31.3. The summed E-state index contributed by atoms with van der Waals surface area (Å²) < 4.78 is 70.9. The standard InChI is InChI=1S/C40H48N4O8S2/c1-31-13-17-35(18-14-31)53(47,48)41-37(29-33-9-5-3-6-10-33)39(45)43-21-25-51-27-23-44(24-28-52-26-22-43)40(46)38(30-34-11-7-4-8-12-34)42-54(49,50)36-19-15-32(2)16-20-36/h3-20,37-38,41-42H,21-30H2,1-2H3/t37-,38+. The third-order valence-electron chi connectivity index (χ3n) is 9.06. The molecule has 0 saturated carbocycles. The second-order valence-corrected chi connectivity index (χ2v) is 16.7. The molecule has 1 heterocycles. The first-order chi connectivity index (χ1) is 25.9. The molecular weight excluding hydrogens is 729 g/mol. The minimum atomic E-state index is -4.03. The normalized spacial score (nSPS) is 16.1. The van der Waals surface area contributed by atoms with Crippen LogP contribution < -0.4 is 9.44 Å². The molecule has 0 bridgehead atoms. The van der Waals surface area contributed by atoms with E-state index in [0.717, 1.165) is 22.3 Å². The van der Waals surface area contributed by atoms with Gasteiger partial charge in [-0.05, 0) is 62.1 Å². The molecule has 1 aliphatic heterocycles. The zero-order valence-corrected chi connectivity index (χ0v) is 32.2. The molecule has 4 aromatic carbocycles. The molecule has 2 amide bonds. The minimum absolute atomic E-state index is 0.0624. The number of aryl methyl sites for hydroxylation is 2. The second-order valence-electron chi connectivity index (χ2n) is 13.2. The Morgan fingerprint density at radius 2 is 0.852 bits per heavy atom. The number of carbonyl (C=O) groups is 2. The molecule has 12 nitrogen and oxygen atoms in total. The molecule has 54 heavy (non-hydrogen) atoms. The van der Waals surface area contributed by atoms with Crippen LogP contribution >= 0.6 is 0 Å². The van der Waals surface area contributed by atoms with Gasteiger partial charge < -0.3 is 19.3 Å². The van der Waals surface area contributed by atoms with E-state index in [1.807, 2.05) is 74.5 Å². The van der Waals surface area contributed by atoms with Crippen molar-refractivity contribution >= 4 is 31.9 Å². The van der Waals surface area contributed by atoms with Gasteiger partial charge in [-0.3, -0.25) is 9.59 Å². The van der Waals surface area contributed by atoms with Crippen molar-refractivity contribution < 1.29 is 35.9 Å². The van der Waals surface area contributed by atoms with Crippen molar-refractivity contribution in [3.8, 4) is 0 Å². The topological polar surface area (TPSA) is 151 Å². The van der Waals surface area contributed by atoms with Gasteiger partial charge >= 0.3 is 0 Å². The van der Waals surface area contributed by atoms with Crippen molar-refractivity contribution in [3.05, 3.63) is 131 Å². The molecule has 4 aromatic rings. The predicted molar refractivity (Wildman–Crippen MR) is 206 cm³/mol. The Balaban J connectivity index is 1.26. The molecule has 1 aliphatic rings. The van der Waals surface area contributed by atoms with E-state index in [-0.39, 0.29) is 75.2 Å². The number of sulfonamides is 2. The average Bonchev–Trinajstić information content (AvgIpc) is 3.15. The van der Waals surface area contributed by atoms with Crippen LogP contribution in [0, 0.1) is 13.8 Å². The second kappa shape index (κ2) is 19.2. The highest BCUT2D eigenvalue weighted by Crippen LogP contribution is 2.16.